The second-order valence-electron chi connectivity index (χ2n) is 6.42. The lowest BCUT2D eigenvalue weighted by molar-refractivity contribution is 0.165. The van der Waals surface area contributed by atoms with Crippen LogP contribution in [0.3, 0.4) is 0 Å². The van der Waals surface area contributed by atoms with Crippen molar-refractivity contribution >= 4 is 0 Å². The highest BCUT2D eigenvalue weighted by molar-refractivity contribution is 4.90. The molecule has 0 bridgehead atoms. The molecule has 0 radical (unpaired) electrons. The summed E-state index contributed by atoms with van der Waals surface area (Å²) in [6.45, 7) is 4.91. The van der Waals surface area contributed by atoms with Crippen LogP contribution in [-0.2, 0) is 0 Å². The Morgan fingerprint density at radius 1 is 1.00 bits per heavy atom. The van der Waals surface area contributed by atoms with Gasteiger partial charge in [-0.15, -0.1) is 0 Å². The molecule has 2 rings (SSSR count). The molecule has 0 heterocycles. The summed E-state index contributed by atoms with van der Waals surface area (Å²) >= 11 is 0. The first-order valence-corrected chi connectivity index (χ1v) is 7.39. The molecule has 16 heavy (non-hydrogen) atoms. The lowest BCUT2D eigenvalue weighted by atomic mass is 9.73. The van der Waals surface area contributed by atoms with Crippen molar-refractivity contribution in [3.63, 3.8) is 0 Å². The van der Waals surface area contributed by atoms with E-state index in [-0.39, 0.29) is 0 Å². The van der Waals surface area contributed by atoms with Crippen molar-refractivity contribution in [2.24, 2.45) is 23.7 Å². The summed E-state index contributed by atoms with van der Waals surface area (Å²) in [5.74, 6) is 3.83. The Labute approximate surface area is 101 Å². The van der Waals surface area contributed by atoms with Crippen molar-refractivity contribution in [2.45, 2.75) is 64.8 Å². The molecule has 5 unspecified atom stereocenters. The predicted molar refractivity (Wildman–Crippen MR) is 70.5 cm³/mol. The van der Waals surface area contributed by atoms with Gasteiger partial charge in [0.05, 0.1) is 0 Å². The smallest absolute Gasteiger partial charge is 0.0123 e. The summed E-state index contributed by atoms with van der Waals surface area (Å²) in [7, 11) is 2.19. The van der Waals surface area contributed by atoms with E-state index in [1.165, 1.54) is 44.9 Å². The van der Waals surface area contributed by atoms with Gasteiger partial charge < -0.3 is 5.32 Å². The molecule has 2 saturated carbocycles. The van der Waals surface area contributed by atoms with Crippen LogP contribution in [0.15, 0.2) is 0 Å². The Kier molecular flexibility index (Phi) is 4.29. The first-order chi connectivity index (χ1) is 7.72. The fourth-order valence-corrected chi connectivity index (χ4v) is 4.31. The molecule has 94 valence electrons. The molecule has 0 amide bonds. The van der Waals surface area contributed by atoms with Gasteiger partial charge in [-0.05, 0) is 50.0 Å². The van der Waals surface area contributed by atoms with Crippen molar-refractivity contribution in [1.29, 1.82) is 0 Å². The molecule has 2 aliphatic carbocycles. The van der Waals surface area contributed by atoms with Crippen LogP contribution in [0.5, 0.6) is 0 Å². The van der Waals surface area contributed by atoms with Crippen molar-refractivity contribution < 1.29 is 0 Å². The molecule has 0 spiro atoms. The molecule has 1 heteroatoms. The fraction of sp³-hybridized carbons (Fsp3) is 1.00. The summed E-state index contributed by atoms with van der Waals surface area (Å²) in [5, 5.41) is 3.66. The van der Waals surface area contributed by atoms with Crippen LogP contribution in [0.1, 0.15) is 58.8 Å². The second-order valence-corrected chi connectivity index (χ2v) is 6.42. The highest BCUT2D eigenvalue weighted by Gasteiger charge is 2.36. The van der Waals surface area contributed by atoms with Crippen LogP contribution in [0, 0.1) is 23.7 Å². The van der Waals surface area contributed by atoms with Crippen LogP contribution in [0.4, 0.5) is 0 Å². The average Bonchev–Trinajstić information content (AvgIpc) is 2.67. The first-order valence-electron chi connectivity index (χ1n) is 7.39. The van der Waals surface area contributed by atoms with E-state index in [9.17, 15) is 0 Å². The van der Waals surface area contributed by atoms with Gasteiger partial charge in [0, 0.05) is 6.04 Å². The molecule has 2 fully saturated rings. The summed E-state index contributed by atoms with van der Waals surface area (Å²) in [6, 6.07) is 0.806. The van der Waals surface area contributed by atoms with Gasteiger partial charge in [0.2, 0.25) is 0 Å². The van der Waals surface area contributed by atoms with Crippen molar-refractivity contribution in [2.75, 3.05) is 7.05 Å². The Hall–Kier alpha value is -0.0400. The Morgan fingerprint density at radius 3 is 2.31 bits per heavy atom. The van der Waals surface area contributed by atoms with E-state index < -0.39 is 0 Å². The quantitative estimate of drug-likeness (QED) is 0.766. The highest BCUT2D eigenvalue weighted by atomic mass is 14.9. The molecule has 1 nitrogen and oxygen atoms in total. The number of rotatable bonds is 3. The molecule has 1 N–H and O–H groups in total. The van der Waals surface area contributed by atoms with Crippen LogP contribution >= 0.6 is 0 Å². The first kappa shape index (κ1) is 12.4. The molecule has 2 aliphatic rings. The molecular weight excluding hydrogens is 194 g/mol. The molecule has 0 aromatic carbocycles. The SMILES string of the molecule is CNC(C1CCCC(C)C1)C1CCCC1C. The van der Waals surface area contributed by atoms with Gasteiger partial charge in [0.1, 0.15) is 0 Å². The van der Waals surface area contributed by atoms with E-state index in [2.05, 4.69) is 26.2 Å². The van der Waals surface area contributed by atoms with Crippen LogP contribution in [0.2, 0.25) is 0 Å². The lowest BCUT2D eigenvalue weighted by Gasteiger charge is -2.38. The third-order valence-corrected chi connectivity index (χ3v) is 5.21. The van der Waals surface area contributed by atoms with Crippen molar-refractivity contribution in [3.8, 4) is 0 Å². The molecule has 0 aromatic rings. The number of nitrogens with one attached hydrogen (secondary N) is 1. The van der Waals surface area contributed by atoms with Crippen LogP contribution in [-0.4, -0.2) is 13.1 Å². The maximum atomic E-state index is 3.66. The largest absolute Gasteiger partial charge is 0.316 e. The molecule has 0 saturated heterocycles. The maximum Gasteiger partial charge on any atom is 0.0123 e. The minimum absolute atomic E-state index is 0.806. The van der Waals surface area contributed by atoms with E-state index in [0.29, 0.717) is 0 Å². The zero-order valence-corrected chi connectivity index (χ0v) is 11.3. The van der Waals surface area contributed by atoms with Gasteiger partial charge >= 0.3 is 0 Å². The van der Waals surface area contributed by atoms with Gasteiger partial charge in [0.25, 0.3) is 0 Å². The van der Waals surface area contributed by atoms with Crippen molar-refractivity contribution in [1.82, 2.24) is 5.32 Å². The maximum absolute atomic E-state index is 3.66. The van der Waals surface area contributed by atoms with E-state index in [0.717, 1.165) is 29.7 Å². The normalized spacial score (nSPS) is 42.2. The predicted octanol–water partition coefficient (Wildman–Crippen LogP) is 3.84. The summed E-state index contributed by atoms with van der Waals surface area (Å²) in [6.07, 6.45) is 10.3. The highest BCUT2D eigenvalue weighted by Crippen LogP contribution is 2.40. The minimum atomic E-state index is 0.806. The fourth-order valence-electron chi connectivity index (χ4n) is 4.31. The van der Waals surface area contributed by atoms with Crippen LogP contribution < -0.4 is 5.32 Å². The van der Waals surface area contributed by atoms with Gasteiger partial charge in [-0.25, -0.2) is 0 Å². The van der Waals surface area contributed by atoms with E-state index in [1.807, 2.05) is 0 Å². The van der Waals surface area contributed by atoms with E-state index in [4.69, 9.17) is 0 Å². The average molecular weight is 223 g/mol. The summed E-state index contributed by atoms with van der Waals surface area (Å²) in [5.41, 5.74) is 0. The zero-order valence-electron chi connectivity index (χ0n) is 11.3. The standard InChI is InChI=1S/C15H29N/c1-11-6-4-8-13(10-11)15(16-3)14-9-5-7-12(14)2/h11-16H,4-10H2,1-3H3. The Balaban J connectivity index is 1.97. The van der Waals surface area contributed by atoms with Gasteiger partial charge in [-0.1, -0.05) is 39.5 Å². The van der Waals surface area contributed by atoms with E-state index in [1.54, 1.807) is 0 Å². The summed E-state index contributed by atoms with van der Waals surface area (Å²) < 4.78 is 0. The second kappa shape index (κ2) is 5.53. The number of hydrogen-bond acceptors (Lipinski definition) is 1. The van der Waals surface area contributed by atoms with Crippen LogP contribution in [0.25, 0.3) is 0 Å². The third-order valence-electron chi connectivity index (χ3n) is 5.21. The number of hydrogen-bond donors (Lipinski definition) is 1. The molecule has 0 aliphatic heterocycles. The van der Waals surface area contributed by atoms with Gasteiger partial charge in [-0.2, -0.15) is 0 Å². The van der Waals surface area contributed by atoms with Gasteiger partial charge in [0.15, 0.2) is 0 Å². The molecule has 5 atom stereocenters. The Bertz CT molecular complexity index is 213. The van der Waals surface area contributed by atoms with Crippen molar-refractivity contribution in [3.05, 3.63) is 0 Å². The minimum Gasteiger partial charge on any atom is -0.316 e. The third kappa shape index (κ3) is 2.61. The zero-order chi connectivity index (χ0) is 11.5. The molecule has 0 aromatic heterocycles. The van der Waals surface area contributed by atoms with Gasteiger partial charge in [-0.3, -0.25) is 0 Å². The molecular formula is C15H29N. The monoisotopic (exact) mass is 223 g/mol. The van der Waals surface area contributed by atoms with E-state index >= 15 is 0 Å². The summed E-state index contributed by atoms with van der Waals surface area (Å²) in [4.78, 5) is 0. The Morgan fingerprint density at radius 2 is 1.75 bits per heavy atom. The topological polar surface area (TPSA) is 12.0 Å². The lowest BCUT2D eigenvalue weighted by Crippen LogP contribution is -2.43.